The number of nitrogens with one attached hydrogen (secondary N) is 2. The lowest BCUT2D eigenvalue weighted by Gasteiger charge is -2.14. The highest BCUT2D eigenvalue weighted by atomic mass is 32.2. The Hall–Kier alpha value is -7.09. The number of carboxylic acids is 3. The highest BCUT2D eigenvalue weighted by Gasteiger charge is 2.19. The summed E-state index contributed by atoms with van der Waals surface area (Å²) in [6.07, 6.45) is 0. The molecule has 0 atom stereocenters. The average Bonchev–Trinajstić information content (AvgIpc) is 3.80. The fourth-order valence-electron chi connectivity index (χ4n) is 4.96. The van der Waals surface area contributed by atoms with Gasteiger partial charge in [0.2, 0.25) is 0 Å². The van der Waals surface area contributed by atoms with E-state index in [1.165, 1.54) is 72.8 Å². The van der Waals surface area contributed by atoms with Gasteiger partial charge in [-0.15, -0.1) is 11.3 Å². The lowest BCUT2D eigenvalue weighted by atomic mass is 10.2. The lowest BCUT2D eigenvalue weighted by molar-refractivity contribution is 0.0686. The minimum atomic E-state index is -3.97. The van der Waals surface area contributed by atoms with Gasteiger partial charge in [0.15, 0.2) is 0 Å². The Labute approximate surface area is 348 Å². The second kappa shape index (κ2) is 20.6. The molecule has 6 aromatic rings. The molecule has 5 aromatic carbocycles. The molecule has 0 saturated carbocycles. The monoisotopic (exact) mass is 876 g/mol. The van der Waals surface area contributed by atoms with Crippen molar-refractivity contribution in [3.05, 3.63) is 156 Å². The molecule has 1 heterocycles. The van der Waals surface area contributed by atoms with Crippen LogP contribution in [0.25, 0.3) is 0 Å². The van der Waals surface area contributed by atoms with Crippen LogP contribution in [0.2, 0.25) is 0 Å². The molecule has 16 nitrogen and oxygen atoms in total. The smallest absolute Gasteiger partial charge is 0.335 e. The average molecular weight is 877 g/mol. The minimum absolute atomic E-state index is 0.0229. The zero-order valence-corrected chi connectivity index (χ0v) is 33.6. The van der Waals surface area contributed by atoms with Crippen molar-refractivity contribution < 1.29 is 65.5 Å². The molecule has 19 heteroatoms. The summed E-state index contributed by atoms with van der Waals surface area (Å²) in [6.45, 7) is 0.633. The third-order valence-corrected chi connectivity index (χ3v) is 12.0. The molecule has 0 aliphatic rings. The van der Waals surface area contributed by atoms with Crippen LogP contribution >= 0.6 is 11.3 Å². The van der Waals surface area contributed by atoms with E-state index in [1.807, 2.05) is 0 Å². The Kier molecular flexibility index (Phi) is 15.1. The van der Waals surface area contributed by atoms with E-state index in [4.69, 9.17) is 34.3 Å². The summed E-state index contributed by atoms with van der Waals surface area (Å²) in [7, 11) is -7.63. The molecule has 312 valence electrons. The van der Waals surface area contributed by atoms with Crippen molar-refractivity contribution in [2.75, 3.05) is 35.9 Å². The van der Waals surface area contributed by atoms with Crippen LogP contribution in [0.1, 0.15) is 31.1 Å². The van der Waals surface area contributed by atoms with Crippen LogP contribution in [0.4, 0.5) is 11.4 Å². The molecular formula is C41H36N2O14S3. The van der Waals surface area contributed by atoms with Crippen molar-refractivity contribution in [2.45, 2.75) is 9.10 Å². The number of aromatic carboxylic acids is 3. The fraction of sp³-hybridized carbons (Fsp3) is 0.0976. The molecule has 6 rings (SSSR count). The number of ether oxygens (including phenoxy) is 4. The first-order valence-corrected chi connectivity index (χ1v) is 21.3. The molecule has 0 amide bonds. The number of carbonyl (C=O) groups is 3. The number of para-hydroxylation sites is 4. The van der Waals surface area contributed by atoms with Crippen molar-refractivity contribution in [2.24, 2.45) is 0 Å². The first kappa shape index (κ1) is 44.0. The molecule has 0 bridgehead atoms. The third-order valence-electron chi connectivity index (χ3n) is 7.86. The van der Waals surface area contributed by atoms with E-state index < -0.39 is 38.0 Å². The summed E-state index contributed by atoms with van der Waals surface area (Å²) in [6, 6.07) is 33.1. The van der Waals surface area contributed by atoms with Crippen molar-refractivity contribution >= 4 is 60.7 Å². The zero-order valence-electron chi connectivity index (χ0n) is 31.2. The Balaban J connectivity index is 0.000000230. The predicted octanol–water partition coefficient (Wildman–Crippen LogP) is 7.05. The number of carboxylic acid groups (broad SMARTS) is 3. The number of hydrogen-bond donors (Lipinski definition) is 5. The second-order valence-electron chi connectivity index (χ2n) is 12.0. The van der Waals surface area contributed by atoms with Crippen LogP contribution in [0, 0.1) is 0 Å². The highest BCUT2D eigenvalue weighted by Crippen LogP contribution is 2.29. The molecule has 1 aromatic heterocycles. The van der Waals surface area contributed by atoms with Crippen molar-refractivity contribution in [1.82, 2.24) is 0 Å². The largest absolute Gasteiger partial charge is 0.490 e. The maximum Gasteiger partial charge on any atom is 0.335 e. The molecule has 0 unspecified atom stereocenters. The topological polar surface area (TPSA) is 241 Å². The summed E-state index contributed by atoms with van der Waals surface area (Å²) in [4.78, 5) is 32.5. The van der Waals surface area contributed by atoms with E-state index in [1.54, 1.807) is 66.0 Å². The van der Waals surface area contributed by atoms with E-state index >= 15 is 0 Å². The summed E-state index contributed by atoms with van der Waals surface area (Å²) in [5.74, 6) is -1.54. The Morgan fingerprint density at radius 1 is 0.467 bits per heavy atom. The Morgan fingerprint density at radius 2 is 0.850 bits per heavy atom. The fourth-order valence-corrected chi connectivity index (χ4v) is 8.09. The van der Waals surface area contributed by atoms with Crippen LogP contribution in [0.5, 0.6) is 23.0 Å². The number of sulfonamides is 2. The number of thiophene rings is 1. The zero-order chi connectivity index (χ0) is 43.1. The quantitative estimate of drug-likeness (QED) is 0.0513. The third kappa shape index (κ3) is 12.7. The normalized spacial score (nSPS) is 10.9. The van der Waals surface area contributed by atoms with E-state index in [0.717, 1.165) is 11.3 Å². The molecule has 0 saturated heterocycles. The summed E-state index contributed by atoms with van der Waals surface area (Å²) >= 11 is 1.13. The van der Waals surface area contributed by atoms with Gasteiger partial charge in [0, 0.05) is 0 Å². The summed E-state index contributed by atoms with van der Waals surface area (Å²) in [5, 5.41) is 28.4. The molecule has 0 radical (unpaired) electrons. The van der Waals surface area contributed by atoms with Gasteiger partial charge in [0.25, 0.3) is 20.0 Å². The second-order valence-corrected chi connectivity index (χ2v) is 16.6. The number of anilines is 2. The Morgan fingerprint density at radius 3 is 1.25 bits per heavy atom. The van der Waals surface area contributed by atoms with E-state index in [0.29, 0.717) is 22.9 Å². The van der Waals surface area contributed by atoms with Crippen LogP contribution in [-0.2, 0) is 20.0 Å². The van der Waals surface area contributed by atoms with Gasteiger partial charge in [-0.05, 0) is 109 Å². The standard InChI is InChI=1S/C22H19NO8S.C19H17NO6S2/c24-21(25)15-5-9-17(10-6-15)30-13-14-31-20-4-2-1-3-19(20)23-32(28,29)18-11-7-16(8-12-18)22(26)27;21-19(22)14-7-9-15(10-8-14)25-11-12-26-17-5-2-1-4-16(17)20-28(23,24)18-6-3-13-27-18/h1-12,23H,13-14H2,(H,24,25)(H,26,27);1-10,13,20H,11-12H2,(H,21,22). The first-order valence-electron chi connectivity index (χ1n) is 17.5. The van der Waals surface area contributed by atoms with Gasteiger partial charge in [-0.1, -0.05) is 30.3 Å². The van der Waals surface area contributed by atoms with Gasteiger partial charge in [-0.25, -0.2) is 31.2 Å². The molecule has 0 aliphatic carbocycles. The molecule has 5 N–H and O–H groups in total. The van der Waals surface area contributed by atoms with Gasteiger partial charge in [0.1, 0.15) is 53.6 Å². The molecule has 0 aliphatic heterocycles. The van der Waals surface area contributed by atoms with Crippen molar-refractivity contribution in [1.29, 1.82) is 0 Å². The van der Waals surface area contributed by atoms with Gasteiger partial charge in [-0.3, -0.25) is 9.44 Å². The highest BCUT2D eigenvalue weighted by molar-refractivity contribution is 7.94. The predicted molar refractivity (Wildman–Crippen MR) is 221 cm³/mol. The van der Waals surface area contributed by atoms with Crippen LogP contribution in [0.15, 0.2) is 148 Å². The maximum atomic E-state index is 12.6. The maximum absolute atomic E-state index is 12.6. The van der Waals surface area contributed by atoms with Gasteiger partial charge >= 0.3 is 17.9 Å². The van der Waals surface area contributed by atoms with E-state index in [2.05, 4.69) is 9.44 Å². The summed E-state index contributed by atoms with van der Waals surface area (Å²) < 4.78 is 77.5. The van der Waals surface area contributed by atoms with Gasteiger partial charge in [0.05, 0.1) is 33.0 Å². The summed E-state index contributed by atoms with van der Waals surface area (Å²) in [5.41, 5.74) is 0.843. The van der Waals surface area contributed by atoms with Crippen LogP contribution < -0.4 is 28.4 Å². The van der Waals surface area contributed by atoms with Crippen LogP contribution in [-0.4, -0.2) is 76.5 Å². The minimum Gasteiger partial charge on any atom is -0.490 e. The molecule has 60 heavy (non-hydrogen) atoms. The van der Waals surface area contributed by atoms with Gasteiger partial charge in [-0.2, -0.15) is 0 Å². The van der Waals surface area contributed by atoms with E-state index in [9.17, 15) is 31.2 Å². The molecular weight excluding hydrogens is 841 g/mol. The Bertz CT molecular complexity index is 2600. The first-order chi connectivity index (χ1) is 28.7. The van der Waals surface area contributed by atoms with E-state index in [-0.39, 0.29) is 63.7 Å². The number of hydrogen-bond acceptors (Lipinski definition) is 12. The molecule has 0 spiro atoms. The van der Waals surface area contributed by atoms with Crippen LogP contribution in [0.3, 0.4) is 0 Å². The SMILES string of the molecule is O=C(O)c1ccc(OCCOc2ccccc2NS(=O)(=O)c2ccc(C(=O)O)cc2)cc1.O=C(O)c1ccc(OCCOc2ccccc2NS(=O)(=O)c2cccs2)cc1. The number of rotatable bonds is 19. The van der Waals surface area contributed by atoms with Crippen molar-refractivity contribution in [3.8, 4) is 23.0 Å². The lowest BCUT2D eigenvalue weighted by Crippen LogP contribution is -2.15. The van der Waals surface area contributed by atoms with Gasteiger partial charge < -0.3 is 34.3 Å². The molecule has 0 fully saturated rings. The van der Waals surface area contributed by atoms with Crippen molar-refractivity contribution in [3.63, 3.8) is 0 Å². The number of benzene rings is 5.